The second-order valence-electron chi connectivity index (χ2n) is 7.12. The second kappa shape index (κ2) is 10.5. The standard InChI is InChI=1S/C26H27NO4/c1-18-20(10-7-11-22(18)21-8-5-4-6-9-21)13-12-19-14-24(30-2)23(25(15-19)31-3)16-27-17-26(28)29/h4-15,27H,16-17H2,1-3H3,(H,28,29). The molecule has 3 rings (SSSR count). The summed E-state index contributed by atoms with van der Waals surface area (Å²) in [5, 5.41) is 11.7. The minimum absolute atomic E-state index is 0.134. The van der Waals surface area contributed by atoms with Crippen LogP contribution in [0.2, 0.25) is 0 Å². The Morgan fingerprint density at radius 1 is 0.968 bits per heavy atom. The van der Waals surface area contributed by atoms with E-state index in [1.54, 1.807) is 14.2 Å². The van der Waals surface area contributed by atoms with Crippen LogP contribution >= 0.6 is 0 Å². The molecule has 0 saturated heterocycles. The summed E-state index contributed by atoms with van der Waals surface area (Å²) in [6.45, 7) is 2.33. The first-order valence-electron chi connectivity index (χ1n) is 10.0. The van der Waals surface area contributed by atoms with Gasteiger partial charge in [-0.05, 0) is 46.9 Å². The molecule has 0 aliphatic carbocycles. The van der Waals surface area contributed by atoms with Crippen molar-refractivity contribution in [1.82, 2.24) is 5.32 Å². The average molecular weight is 418 g/mol. The summed E-state index contributed by atoms with van der Waals surface area (Å²) in [6, 6.07) is 20.5. The molecule has 0 radical (unpaired) electrons. The Kier molecular flexibility index (Phi) is 7.46. The highest BCUT2D eigenvalue weighted by molar-refractivity contribution is 5.78. The molecule has 0 unspecified atom stereocenters. The van der Waals surface area contributed by atoms with E-state index in [0.717, 1.165) is 16.7 Å². The first kappa shape index (κ1) is 22.1. The van der Waals surface area contributed by atoms with E-state index in [9.17, 15) is 4.79 Å². The maximum absolute atomic E-state index is 10.8. The number of carboxylic acid groups (broad SMARTS) is 1. The van der Waals surface area contributed by atoms with Crippen LogP contribution in [0.4, 0.5) is 0 Å². The van der Waals surface area contributed by atoms with E-state index in [1.165, 1.54) is 16.7 Å². The molecular weight excluding hydrogens is 390 g/mol. The predicted octanol–water partition coefficient (Wildman–Crippen LogP) is 5.02. The Morgan fingerprint density at radius 3 is 2.26 bits per heavy atom. The summed E-state index contributed by atoms with van der Waals surface area (Å²) in [5.41, 5.74) is 6.45. The molecule has 2 N–H and O–H groups in total. The molecule has 0 fully saturated rings. The van der Waals surface area contributed by atoms with Crippen LogP contribution in [0.5, 0.6) is 11.5 Å². The normalized spacial score (nSPS) is 10.9. The number of hydrogen-bond donors (Lipinski definition) is 2. The van der Waals surface area contributed by atoms with Gasteiger partial charge in [-0.1, -0.05) is 60.7 Å². The number of hydrogen-bond acceptors (Lipinski definition) is 4. The molecule has 3 aromatic carbocycles. The molecule has 0 aromatic heterocycles. The third-order valence-electron chi connectivity index (χ3n) is 5.12. The van der Waals surface area contributed by atoms with Crippen molar-refractivity contribution < 1.29 is 19.4 Å². The number of aliphatic carboxylic acids is 1. The molecule has 31 heavy (non-hydrogen) atoms. The van der Waals surface area contributed by atoms with E-state index in [1.807, 2.05) is 36.4 Å². The van der Waals surface area contributed by atoms with E-state index >= 15 is 0 Å². The maximum Gasteiger partial charge on any atom is 0.317 e. The Balaban J connectivity index is 1.90. The van der Waals surface area contributed by atoms with Crippen LogP contribution in [0.1, 0.15) is 22.3 Å². The SMILES string of the molecule is COc1cc(C=Cc2cccc(-c3ccccc3)c2C)cc(OC)c1CNCC(=O)O. The van der Waals surface area contributed by atoms with Gasteiger partial charge in [-0.25, -0.2) is 0 Å². The van der Waals surface area contributed by atoms with Gasteiger partial charge in [0.15, 0.2) is 0 Å². The Morgan fingerprint density at radius 2 is 1.65 bits per heavy atom. The molecule has 0 bridgehead atoms. The van der Waals surface area contributed by atoms with Crippen molar-refractivity contribution in [2.75, 3.05) is 20.8 Å². The first-order valence-corrected chi connectivity index (χ1v) is 10.0. The molecule has 0 amide bonds. The summed E-state index contributed by atoms with van der Waals surface area (Å²) >= 11 is 0. The van der Waals surface area contributed by atoms with Crippen molar-refractivity contribution in [3.63, 3.8) is 0 Å². The second-order valence-corrected chi connectivity index (χ2v) is 7.12. The van der Waals surface area contributed by atoms with Crippen LogP contribution in [0.3, 0.4) is 0 Å². The summed E-state index contributed by atoms with van der Waals surface area (Å²) in [5.74, 6) is 0.379. The van der Waals surface area contributed by atoms with Crippen molar-refractivity contribution in [1.29, 1.82) is 0 Å². The van der Waals surface area contributed by atoms with E-state index < -0.39 is 5.97 Å². The third-order valence-corrected chi connectivity index (χ3v) is 5.12. The van der Waals surface area contributed by atoms with E-state index in [-0.39, 0.29) is 6.54 Å². The monoisotopic (exact) mass is 417 g/mol. The van der Waals surface area contributed by atoms with Crippen LogP contribution in [0, 0.1) is 6.92 Å². The molecule has 5 nitrogen and oxygen atoms in total. The minimum atomic E-state index is -0.911. The van der Waals surface area contributed by atoms with E-state index in [2.05, 4.69) is 48.6 Å². The predicted molar refractivity (Wildman–Crippen MR) is 124 cm³/mol. The zero-order valence-electron chi connectivity index (χ0n) is 18.0. The Hall–Kier alpha value is -3.57. The molecule has 160 valence electrons. The Bertz CT molecular complexity index is 1050. The summed E-state index contributed by atoms with van der Waals surface area (Å²) in [6.07, 6.45) is 4.11. The highest BCUT2D eigenvalue weighted by Gasteiger charge is 2.12. The van der Waals surface area contributed by atoms with Crippen LogP contribution in [-0.4, -0.2) is 31.8 Å². The molecular formula is C26H27NO4. The fourth-order valence-electron chi connectivity index (χ4n) is 3.52. The highest BCUT2D eigenvalue weighted by atomic mass is 16.5. The fourth-order valence-corrected chi connectivity index (χ4v) is 3.52. The molecule has 0 aliphatic rings. The Labute approximate surface area is 183 Å². The van der Waals surface area contributed by atoms with Crippen molar-refractivity contribution in [2.24, 2.45) is 0 Å². The van der Waals surface area contributed by atoms with Crippen LogP contribution < -0.4 is 14.8 Å². The summed E-state index contributed by atoms with van der Waals surface area (Å²) < 4.78 is 11.1. The molecule has 0 atom stereocenters. The quantitative estimate of drug-likeness (QED) is 0.478. The van der Waals surface area contributed by atoms with Gasteiger partial charge in [0.1, 0.15) is 11.5 Å². The number of rotatable bonds is 9. The van der Waals surface area contributed by atoms with E-state index in [0.29, 0.717) is 18.0 Å². The lowest BCUT2D eigenvalue weighted by molar-refractivity contribution is -0.136. The third kappa shape index (κ3) is 5.53. The van der Waals surface area contributed by atoms with Crippen molar-refractivity contribution in [3.8, 4) is 22.6 Å². The lowest BCUT2D eigenvalue weighted by atomic mass is 9.96. The van der Waals surface area contributed by atoms with Gasteiger partial charge in [-0.2, -0.15) is 0 Å². The van der Waals surface area contributed by atoms with Gasteiger partial charge in [0.2, 0.25) is 0 Å². The van der Waals surface area contributed by atoms with Gasteiger partial charge >= 0.3 is 5.97 Å². The molecule has 0 saturated carbocycles. The molecule has 5 heteroatoms. The number of ether oxygens (including phenoxy) is 2. The smallest absolute Gasteiger partial charge is 0.317 e. The summed E-state index contributed by atoms with van der Waals surface area (Å²) in [7, 11) is 3.19. The summed E-state index contributed by atoms with van der Waals surface area (Å²) in [4.78, 5) is 10.8. The minimum Gasteiger partial charge on any atom is -0.496 e. The first-order chi connectivity index (χ1) is 15.0. The molecule has 3 aromatic rings. The maximum atomic E-state index is 10.8. The largest absolute Gasteiger partial charge is 0.496 e. The van der Waals surface area contributed by atoms with Crippen LogP contribution in [0.25, 0.3) is 23.3 Å². The van der Waals surface area contributed by atoms with Gasteiger partial charge < -0.3 is 19.9 Å². The number of carboxylic acids is 1. The molecule has 0 aliphatic heterocycles. The average Bonchev–Trinajstić information content (AvgIpc) is 2.79. The van der Waals surface area contributed by atoms with Gasteiger partial charge in [0.25, 0.3) is 0 Å². The molecule has 0 heterocycles. The van der Waals surface area contributed by atoms with Crippen molar-refractivity contribution >= 4 is 18.1 Å². The van der Waals surface area contributed by atoms with Crippen molar-refractivity contribution in [2.45, 2.75) is 13.5 Å². The van der Waals surface area contributed by atoms with E-state index in [4.69, 9.17) is 14.6 Å². The van der Waals surface area contributed by atoms with Gasteiger partial charge in [0, 0.05) is 12.1 Å². The van der Waals surface area contributed by atoms with Gasteiger partial charge in [0.05, 0.1) is 20.8 Å². The van der Waals surface area contributed by atoms with Gasteiger partial charge in [-0.15, -0.1) is 0 Å². The number of nitrogens with one attached hydrogen (secondary N) is 1. The molecule has 0 spiro atoms. The number of carbonyl (C=O) groups is 1. The lowest BCUT2D eigenvalue weighted by Crippen LogP contribution is -2.22. The zero-order chi connectivity index (χ0) is 22.2. The number of benzene rings is 3. The number of methoxy groups -OCH3 is 2. The van der Waals surface area contributed by atoms with Crippen LogP contribution in [-0.2, 0) is 11.3 Å². The van der Waals surface area contributed by atoms with Gasteiger partial charge in [-0.3, -0.25) is 4.79 Å². The topological polar surface area (TPSA) is 67.8 Å². The fraction of sp³-hybridized carbons (Fsp3) is 0.192. The zero-order valence-corrected chi connectivity index (χ0v) is 18.0. The lowest BCUT2D eigenvalue weighted by Gasteiger charge is -2.15. The van der Waals surface area contributed by atoms with Crippen LogP contribution in [0.15, 0.2) is 60.7 Å². The van der Waals surface area contributed by atoms with Crippen molar-refractivity contribution in [3.05, 3.63) is 82.9 Å². The highest BCUT2D eigenvalue weighted by Crippen LogP contribution is 2.32.